The standard InChI is InChI=1S/C15H20ClNO/c1-17(2)15(11-7-9-12(16)10-8-11)13-5-3-4-6-14(13)18/h7-10,13,15H,3-6H2,1-2H3. The molecule has 1 aromatic carbocycles. The minimum Gasteiger partial charge on any atom is -0.302 e. The van der Waals surface area contributed by atoms with E-state index in [2.05, 4.69) is 4.90 Å². The molecule has 0 amide bonds. The van der Waals surface area contributed by atoms with Crippen molar-refractivity contribution in [3.8, 4) is 0 Å². The molecule has 0 spiro atoms. The van der Waals surface area contributed by atoms with Gasteiger partial charge in [0.2, 0.25) is 0 Å². The molecule has 3 heteroatoms. The molecule has 0 aromatic heterocycles. The van der Waals surface area contributed by atoms with E-state index < -0.39 is 0 Å². The predicted molar refractivity (Wildman–Crippen MR) is 74.8 cm³/mol. The number of hydrogen-bond donors (Lipinski definition) is 0. The van der Waals surface area contributed by atoms with Gasteiger partial charge in [0.25, 0.3) is 0 Å². The third-order valence-corrected chi connectivity index (χ3v) is 4.00. The van der Waals surface area contributed by atoms with Gasteiger partial charge in [0.1, 0.15) is 5.78 Å². The summed E-state index contributed by atoms with van der Waals surface area (Å²) in [4.78, 5) is 14.3. The number of rotatable bonds is 3. The van der Waals surface area contributed by atoms with Crippen molar-refractivity contribution in [3.63, 3.8) is 0 Å². The summed E-state index contributed by atoms with van der Waals surface area (Å²) in [6.07, 6.45) is 3.96. The molecule has 0 saturated heterocycles. The largest absolute Gasteiger partial charge is 0.302 e. The fourth-order valence-electron chi connectivity index (χ4n) is 2.89. The Morgan fingerprint density at radius 2 is 1.89 bits per heavy atom. The van der Waals surface area contributed by atoms with E-state index in [0.29, 0.717) is 5.78 Å². The number of carbonyl (C=O) groups excluding carboxylic acids is 1. The second-order valence-electron chi connectivity index (χ2n) is 5.28. The lowest BCUT2D eigenvalue weighted by Gasteiger charge is -2.34. The van der Waals surface area contributed by atoms with E-state index in [1.165, 1.54) is 5.56 Å². The molecule has 2 unspecified atom stereocenters. The van der Waals surface area contributed by atoms with E-state index in [0.717, 1.165) is 30.7 Å². The molecule has 0 radical (unpaired) electrons. The van der Waals surface area contributed by atoms with E-state index in [1.54, 1.807) is 0 Å². The Kier molecular flexibility index (Phi) is 4.41. The topological polar surface area (TPSA) is 20.3 Å². The monoisotopic (exact) mass is 265 g/mol. The highest BCUT2D eigenvalue weighted by Crippen LogP contribution is 2.35. The normalized spacial score (nSPS) is 22.2. The zero-order valence-corrected chi connectivity index (χ0v) is 11.8. The Bertz CT molecular complexity index is 413. The quantitative estimate of drug-likeness (QED) is 0.831. The second-order valence-corrected chi connectivity index (χ2v) is 5.72. The van der Waals surface area contributed by atoms with Crippen LogP contribution in [0, 0.1) is 5.92 Å². The van der Waals surface area contributed by atoms with E-state index in [1.807, 2.05) is 38.4 Å². The molecule has 1 aromatic rings. The lowest BCUT2D eigenvalue weighted by Crippen LogP contribution is -2.34. The lowest BCUT2D eigenvalue weighted by molar-refractivity contribution is -0.126. The molecule has 0 aliphatic heterocycles. The smallest absolute Gasteiger partial charge is 0.137 e. The molecule has 1 saturated carbocycles. The maximum atomic E-state index is 12.1. The molecular weight excluding hydrogens is 246 g/mol. The van der Waals surface area contributed by atoms with Crippen LogP contribution in [-0.4, -0.2) is 24.8 Å². The maximum Gasteiger partial charge on any atom is 0.137 e. The predicted octanol–water partition coefficient (Wildman–Crippen LogP) is 3.70. The van der Waals surface area contributed by atoms with Gasteiger partial charge in [0, 0.05) is 23.4 Å². The van der Waals surface area contributed by atoms with Crippen LogP contribution in [-0.2, 0) is 4.79 Å². The molecule has 0 bridgehead atoms. The summed E-state index contributed by atoms with van der Waals surface area (Å²) in [5, 5.41) is 0.742. The Labute approximate surface area is 114 Å². The summed E-state index contributed by atoms with van der Waals surface area (Å²) in [5.41, 5.74) is 1.18. The average molecular weight is 266 g/mol. The molecule has 1 aliphatic carbocycles. The van der Waals surface area contributed by atoms with Crippen molar-refractivity contribution in [3.05, 3.63) is 34.9 Å². The summed E-state index contributed by atoms with van der Waals surface area (Å²) < 4.78 is 0. The highest BCUT2D eigenvalue weighted by Gasteiger charge is 2.32. The number of carbonyl (C=O) groups is 1. The number of Topliss-reactive ketones (excluding diaryl/α,β-unsaturated/α-hetero) is 1. The van der Waals surface area contributed by atoms with Gasteiger partial charge in [-0.1, -0.05) is 30.2 Å². The van der Waals surface area contributed by atoms with Crippen LogP contribution in [0.15, 0.2) is 24.3 Å². The zero-order valence-electron chi connectivity index (χ0n) is 11.0. The van der Waals surface area contributed by atoms with Crippen molar-refractivity contribution in [2.45, 2.75) is 31.7 Å². The Hall–Kier alpha value is -0.860. The van der Waals surface area contributed by atoms with Gasteiger partial charge in [-0.15, -0.1) is 0 Å². The molecule has 0 heterocycles. The maximum absolute atomic E-state index is 12.1. The van der Waals surface area contributed by atoms with E-state index >= 15 is 0 Å². The summed E-state index contributed by atoms with van der Waals surface area (Å²) in [6.45, 7) is 0. The van der Waals surface area contributed by atoms with E-state index in [-0.39, 0.29) is 12.0 Å². The first-order chi connectivity index (χ1) is 8.59. The van der Waals surface area contributed by atoms with Crippen LogP contribution in [0.2, 0.25) is 5.02 Å². The van der Waals surface area contributed by atoms with Gasteiger partial charge in [-0.3, -0.25) is 4.79 Å². The fraction of sp³-hybridized carbons (Fsp3) is 0.533. The third kappa shape index (κ3) is 2.93. The number of nitrogens with zero attached hydrogens (tertiary/aromatic N) is 1. The molecule has 0 N–H and O–H groups in total. The summed E-state index contributed by atoms with van der Waals surface area (Å²) in [5.74, 6) is 0.546. The number of benzene rings is 1. The van der Waals surface area contributed by atoms with Crippen molar-refractivity contribution in [2.24, 2.45) is 5.92 Å². The molecule has 2 rings (SSSR count). The van der Waals surface area contributed by atoms with Gasteiger partial charge >= 0.3 is 0 Å². The average Bonchev–Trinajstić information content (AvgIpc) is 2.34. The van der Waals surface area contributed by atoms with Crippen LogP contribution in [0.1, 0.15) is 37.3 Å². The number of halogens is 1. The van der Waals surface area contributed by atoms with Crippen LogP contribution in [0.5, 0.6) is 0 Å². The first-order valence-corrected chi connectivity index (χ1v) is 6.92. The lowest BCUT2D eigenvalue weighted by atomic mass is 9.79. The minimum absolute atomic E-state index is 0.134. The Morgan fingerprint density at radius 1 is 1.22 bits per heavy atom. The Balaban J connectivity index is 2.27. The first kappa shape index (κ1) is 13.6. The number of hydrogen-bond acceptors (Lipinski definition) is 2. The van der Waals surface area contributed by atoms with E-state index in [9.17, 15) is 4.79 Å². The molecule has 98 valence electrons. The summed E-state index contributed by atoms with van der Waals surface area (Å²) in [7, 11) is 4.09. The van der Waals surface area contributed by atoms with Crippen molar-refractivity contribution in [1.82, 2.24) is 4.90 Å². The molecule has 2 atom stereocenters. The van der Waals surface area contributed by atoms with Gasteiger partial charge in [-0.25, -0.2) is 0 Å². The van der Waals surface area contributed by atoms with Gasteiger partial charge in [-0.2, -0.15) is 0 Å². The highest BCUT2D eigenvalue weighted by molar-refractivity contribution is 6.30. The van der Waals surface area contributed by atoms with Crippen molar-refractivity contribution in [1.29, 1.82) is 0 Å². The van der Waals surface area contributed by atoms with Crippen molar-refractivity contribution in [2.75, 3.05) is 14.1 Å². The minimum atomic E-state index is 0.134. The molecule has 1 aliphatic rings. The van der Waals surface area contributed by atoms with Crippen LogP contribution in [0.3, 0.4) is 0 Å². The van der Waals surface area contributed by atoms with Crippen LogP contribution < -0.4 is 0 Å². The highest BCUT2D eigenvalue weighted by atomic mass is 35.5. The summed E-state index contributed by atoms with van der Waals surface area (Å²) >= 11 is 5.93. The fourth-order valence-corrected chi connectivity index (χ4v) is 3.02. The SMILES string of the molecule is CN(C)C(c1ccc(Cl)cc1)C1CCCCC1=O. The van der Waals surface area contributed by atoms with E-state index in [4.69, 9.17) is 11.6 Å². The van der Waals surface area contributed by atoms with Crippen LogP contribution in [0.25, 0.3) is 0 Å². The van der Waals surface area contributed by atoms with Crippen molar-refractivity contribution < 1.29 is 4.79 Å². The van der Waals surface area contributed by atoms with Gasteiger partial charge in [0.15, 0.2) is 0 Å². The molecular formula is C15H20ClNO. The Morgan fingerprint density at radius 3 is 2.44 bits per heavy atom. The number of ketones is 1. The van der Waals surface area contributed by atoms with Crippen molar-refractivity contribution >= 4 is 17.4 Å². The van der Waals surface area contributed by atoms with Gasteiger partial charge < -0.3 is 4.90 Å². The first-order valence-electron chi connectivity index (χ1n) is 6.54. The van der Waals surface area contributed by atoms with Gasteiger partial charge in [-0.05, 0) is 44.6 Å². The van der Waals surface area contributed by atoms with Gasteiger partial charge in [0.05, 0.1) is 0 Å². The van der Waals surface area contributed by atoms with Crippen LogP contribution >= 0.6 is 11.6 Å². The second kappa shape index (κ2) is 5.85. The molecule has 2 nitrogen and oxygen atoms in total. The summed E-state index contributed by atoms with van der Waals surface area (Å²) in [6, 6.07) is 8.06. The van der Waals surface area contributed by atoms with Crippen LogP contribution in [0.4, 0.5) is 0 Å². The molecule has 1 fully saturated rings. The zero-order chi connectivity index (χ0) is 13.1. The molecule has 18 heavy (non-hydrogen) atoms. The third-order valence-electron chi connectivity index (χ3n) is 3.75.